The number of ether oxygens (including phenoxy) is 3. The van der Waals surface area contributed by atoms with Gasteiger partial charge in [-0.3, -0.25) is 14.6 Å². The number of carboxylic acids is 1. The third kappa shape index (κ3) is 10.4. The predicted octanol–water partition coefficient (Wildman–Crippen LogP) is 8.81. The Morgan fingerprint density at radius 2 is 1.66 bits per heavy atom. The van der Waals surface area contributed by atoms with Crippen LogP contribution < -0.4 is 24.8 Å². The number of pyridine rings is 1. The number of rotatable bonds is 11. The van der Waals surface area contributed by atoms with Crippen molar-refractivity contribution < 1.29 is 33.7 Å². The molecule has 1 fully saturated rings. The van der Waals surface area contributed by atoms with Crippen molar-refractivity contribution in [3.8, 4) is 28.4 Å². The second-order valence-electron chi connectivity index (χ2n) is 15.6. The summed E-state index contributed by atoms with van der Waals surface area (Å²) in [6, 6.07) is 23.9. The van der Waals surface area contributed by atoms with Crippen molar-refractivity contribution in [2.24, 2.45) is 0 Å². The van der Waals surface area contributed by atoms with E-state index >= 15 is 0 Å². The number of aromatic nitrogens is 1. The Morgan fingerprint density at radius 1 is 0.919 bits per heavy atom. The first-order valence-corrected chi connectivity index (χ1v) is 21.0. The zero-order chi connectivity index (χ0) is 41.9. The second-order valence-corrected chi connectivity index (χ2v) is 16.5. The minimum atomic E-state index is -1.21. The van der Waals surface area contributed by atoms with E-state index in [4.69, 9.17) is 37.4 Å². The fourth-order valence-electron chi connectivity index (χ4n) is 8.10. The molecule has 4 aromatic carbocycles. The first kappa shape index (κ1) is 46.5. The lowest BCUT2D eigenvalue weighted by Crippen LogP contribution is -2.59. The van der Waals surface area contributed by atoms with Crippen LogP contribution in [0.1, 0.15) is 64.4 Å². The summed E-state index contributed by atoms with van der Waals surface area (Å²) in [5.41, 5.74) is 8.31. The Morgan fingerprint density at radius 3 is 2.37 bits per heavy atom. The average Bonchev–Trinajstić information content (AvgIpc) is 3.26. The van der Waals surface area contributed by atoms with E-state index in [9.17, 15) is 19.5 Å². The van der Waals surface area contributed by atoms with Crippen LogP contribution in [0.2, 0.25) is 10.0 Å². The van der Waals surface area contributed by atoms with Gasteiger partial charge >= 0.3 is 5.97 Å². The smallest absolute Gasteiger partial charge is 0.326 e. The lowest BCUT2D eigenvalue weighted by molar-refractivity contribution is -0.146. The van der Waals surface area contributed by atoms with E-state index in [1.807, 2.05) is 86.6 Å². The number of carbonyl (C=O) groups is 3. The standard InChI is InChI=1S/C47H46Cl2N4O7.2ClH/c1-27-28(2)50-18-16-36(27)31-9-6-29(7-10-31)20-40(47(56)57)52-45(54)41-21-33-22-42-43(23-34(33)24-53(41)46(55)39-5-3-4-17-51-39)60-44(26-59-42)32-11-13-35(14-12-32)58-25-30-8-15-37(48)38(49)19-30;;/h6-16,18-19,22-23,39-41,44,51H,3-5,17,20-21,24-26H2,1-2H3,(H,52,54)(H,56,57);2*1H/t39?,40-,41-,44+;;/m0../s1. The molecule has 8 rings (SSSR count). The summed E-state index contributed by atoms with van der Waals surface area (Å²) in [7, 11) is 0. The van der Waals surface area contributed by atoms with Crippen LogP contribution in [0.15, 0.2) is 91.1 Å². The number of aryl methyl sites for hydroxylation is 1. The number of piperidine rings is 1. The second kappa shape index (κ2) is 20.4. The largest absolute Gasteiger partial charge is 0.489 e. The van der Waals surface area contributed by atoms with Crippen LogP contribution in [0.3, 0.4) is 0 Å². The van der Waals surface area contributed by atoms with Gasteiger partial charge in [0.1, 0.15) is 31.0 Å². The Labute approximate surface area is 383 Å². The number of aliphatic carboxylic acids is 1. The lowest BCUT2D eigenvalue weighted by Gasteiger charge is -2.40. The molecule has 62 heavy (non-hydrogen) atoms. The number of carboxylic acid groups (broad SMARTS) is 1. The van der Waals surface area contributed by atoms with Crippen molar-refractivity contribution in [2.75, 3.05) is 13.2 Å². The minimum Gasteiger partial charge on any atom is -0.489 e. The monoisotopic (exact) mass is 920 g/mol. The van der Waals surface area contributed by atoms with Crippen molar-refractivity contribution in [3.63, 3.8) is 0 Å². The van der Waals surface area contributed by atoms with E-state index in [0.29, 0.717) is 46.9 Å². The number of nitrogens with one attached hydrogen (secondary N) is 2. The number of fused-ring (bicyclic) bond motifs is 2. The molecule has 3 aliphatic rings. The fourth-order valence-corrected chi connectivity index (χ4v) is 8.42. The van der Waals surface area contributed by atoms with Gasteiger partial charge < -0.3 is 34.9 Å². The summed E-state index contributed by atoms with van der Waals surface area (Å²) in [6.07, 6.45) is 4.18. The molecule has 1 unspecified atom stereocenters. The topological polar surface area (TPSA) is 139 Å². The maximum Gasteiger partial charge on any atom is 0.326 e. The minimum absolute atomic E-state index is 0. The average molecular weight is 923 g/mol. The van der Waals surface area contributed by atoms with Gasteiger partial charge in [-0.2, -0.15) is 0 Å². The fraction of sp³-hybridized carbons (Fsp3) is 0.319. The number of carbonyl (C=O) groups excluding carboxylic acids is 2. The van der Waals surface area contributed by atoms with Gasteiger partial charge in [-0.1, -0.05) is 72.1 Å². The highest BCUT2D eigenvalue weighted by Gasteiger charge is 2.40. The number of halogens is 4. The van der Waals surface area contributed by atoms with Gasteiger partial charge in [-0.25, -0.2) is 4.79 Å². The molecule has 3 aliphatic heterocycles. The van der Waals surface area contributed by atoms with Crippen LogP contribution in [0.25, 0.3) is 11.1 Å². The molecule has 1 aromatic heterocycles. The number of hydrogen-bond acceptors (Lipinski definition) is 8. The summed E-state index contributed by atoms with van der Waals surface area (Å²) < 4.78 is 18.7. The molecule has 4 atom stereocenters. The number of hydrogen-bond donors (Lipinski definition) is 3. The van der Waals surface area contributed by atoms with E-state index in [-0.39, 0.29) is 62.8 Å². The van der Waals surface area contributed by atoms with Crippen LogP contribution >= 0.6 is 48.0 Å². The Hall–Kier alpha value is -5.04. The van der Waals surface area contributed by atoms with E-state index in [0.717, 1.165) is 63.0 Å². The van der Waals surface area contributed by atoms with Crippen LogP contribution in [0.4, 0.5) is 0 Å². The van der Waals surface area contributed by atoms with Crippen molar-refractivity contribution >= 4 is 65.8 Å². The Balaban J connectivity index is 0.00000321. The van der Waals surface area contributed by atoms with Crippen molar-refractivity contribution in [2.45, 2.75) is 83.3 Å². The zero-order valence-corrected chi connectivity index (χ0v) is 37.3. The SMILES string of the molecule is Cc1nccc(-c2ccc(C[C@H](NC(=O)[C@@H]3Cc4cc5c(cc4CN3C(=O)C3CCCCN3)O[C@@H](c3ccc(OCc4ccc(Cl)c(Cl)c4)cc3)CO5)C(=O)O)cc2)c1C.Cl.Cl. The van der Waals surface area contributed by atoms with Gasteiger partial charge in [0.15, 0.2) is 17.6 Å². The Bertz CT molecular complexity index is 2410. The van der Waals surface area contributed by atoms with Gasteiger partial charge in [-0.05, 0) is 120 Å². The highest BCUT2D eigenvalue weighted by atomic mass is 35.5. The van der Waals surface area contributed by atoms with Gasteiger partial charge in [0, 0.05) is 31.3 Å². The molecule has 11 nitrogen and oxygen atoms in total. The third-order valence-corrected chi connectivity index (χ3v) is 12.4. The molecule has 0 bridgehead atoms. The lowest BCUT2D eigenvalue weighted by atomic mass is 9.90. The molecular formula is C47H48Cl4N4O7. The predicted molar refractivity (Wildman–Crippen MR) is 243 cm³/mol. The van der Waals surface area contributed by atoms with Gasteiger partial charge in [0.25, 0.3) is 0 Å². The summed E-state index contributed by atoms with van der Waals surface area (Å²) in [4.78, 5) is 46.9. The molecule has 2 amide bonds. The summed E-state index contributed by atoms with van der Waals surface area (Å²) in [5, 5.41) is 17.4. The van der Waals surface area contributed by atoms with Crippen molar-refractivity contribution in [3.05, 3.63) is 140 Å². The normalized spacial score (nSPS) is 18.3. The van der Waals surface area contributed by atoms with Crippen LogP contribution in [-0.2, 0) is 40.4 Å². The highest BCUT2D eigenvalue weighted by molar-refractivity contribution is 6.42. The number of amides is 2. The molecule has 0 spiro atoms. The van der Waals surface area contributed by atoms with Gasteiger partial charge in [0.2, 0.25) is 11.8 Å². The van der Waals surface area contributed by atoms with Gasteiger partial charge in [0.05, 0.1) is 16.1 Å². The maximum atomic E-state index is 14.2. The third-order valence-electron chi connectivity index (χ3n) is 11.7. The van der Waals surface area contributed by atoms with Crippen LogP contribution in [-0.4, -0.2) is 64.1 Å². The molecule has 326 valence electrons. The summed E-state index contributed by atoms with van der Waals surface area (Å²) >= 11 is 12.2. The molecule has 3 N–H and O–H groups in total. The molecule has 4 heterocycles. The van der Waals surface area contributed by atoms with E-state index < -0.39 is 30.0 Å². The molecule has 0 radical (unpaired) electrons. The summed E-state index contributed by atoms with van der Waals surface area (Å²) in [6.45, 7) is 5.45. The number of nitrogens with zero attached hydrogens (tertiary/aromatic N) is 2. The van der Waals surface area contributed by atoms with E-state index in [2.05, 4.69) is 15.6 Å². The molecule has 1 saturated heterocycles. The molecule has 0 saturated carbocycles. The van der Waals surface area contributed by atoms with Crippen molar-refractivity contribution in [1.29, 1.82) is 0 Å². The Kier molecular flexibility index (Phi) is 15.3. The first-order valence-electron chi connectivity index (χ1n) is 20.2. The zero-order valence-electron chi connectivity index (χ0n) is 34.2. The molecular weight excluding hydrogens is 874 g/mol. The van der Waals surface area contributed by atoms with Gasteiger partial charge in [-0.15, -0.1) is 24.8 Å². The molecule has 15 heteroatoms. The van der Waals surface area contributed by atoms with Crippen LogP contribution in [0.5, 0.6) is 17.2 Å². The maximum absolute atomic E-state index is 14.2. The van der Waals surface area contributed by atoms with E-state index in [1.165, 1.54) is 0 Å². The van der Waals surface area contributed by atoms with Crippen molar-refractivity contribution in [1.82, 2.24) is 20.5 Å². The van der Waals surface area contributed by atoms with Crippen LogP contribution in [0, 0.1) is 13.8 Å². The van der Waals surface area contributed by atoms with E-state index in [1.54, 1.807) is 23.2 Å². The molecule has 0 aliphatic carbocycles. The number of benzene rings is 4. The first-order chi connectivity index (χ1) is 29.0. The molecule has 5 aromatic rings. The quantitative estimate of drug-likeness (QED) is 0.119. The summed E-state index contributed by atoms with van der Waals surface area (Å²) in [5.74, 6) is -0.0847. The highest BCUT2D eigenvalue weighted by Crippen LogP contribution is 2.41.